The van der Waals surface area contributed by atoms with E-state index in [9.17, 15) is 9.18 Å². The second-order valence-corrected chi connectivity index (χ2v) is 5.09. The van der Waals surface area contributed by atoms with Crippen LogP contribution in [-0.4, -0.2) is 27.1 Å². The predicted octanol–water partition coefficient (Wildman–Crippen LogP) is 2.07. The monoisotopic (exact) mass is 273 g/mol. The van der Waals surface area contributed by atoms with Crippen LogP contribution in [0.3, 0.4) is 0 Å². The van der Waals surface area contributed by atoms with E-state index in [1.54, 1.807) is 17.0 Å². The highest BCUT2D eigenvalue weighted by atomic mass is 19.1. The molecule has 0 spiro atoms. The molecule has 0 unspecified atom stereocenters. The van der Waals surface area contributed by atoms with E-state index in [2.05, 4.69) is 5.10 Å². The Morgan fingerprint density at radius 2 is 2.10 bits per heavy atom. The molecule has 0 bridgehead atoms. The largest absolute Gasteiger partial charge is 0.332 e. The van der Waals surface area contributed by atoms with Gasteiger partial charge in [0.25, 0.3) is 5.91 Å². The van der Waals surface area contributed by atoms with Crippen LogP contribution in [0.4, 0.5) is 4.39 Å². The van der Waals surface area contributed by atoms with Gasteiger partial charge in [0, 0.05) is 13.6 Å². The maximum atomic E-state index is 13.7. The van der Waals surface area contributed by atoms with Gasteiger partial charge in [0.05, 0.1) is 23.5 Å². The van der Waals surface area contributed by atoms with Crippen LogP contribution in [0.15, 0.2) is 24.3 Å². The van der Waals surface area contributed by atoms with Crippen molar-refractivity contribution in [2.24, 2.45) is 7.05 Å². The SMILES string of the molecule is Cc1nn(C)c2c1CCN(C(=O)c1ccccc1F)C2. The summed E-state index contributed by atoms with van der Waals surface area (Å²) in [6.45, 7) is 3.07. The van der Waals surface area contributed by atoms with E-state index in [0.29, 0.717) is 13.1 Å². The zero-order valence-electron chi connectivity index (χ0n) is 11.6. The second-order valence-electron chi connectivity index (χ2n) is 5.09. The molecule has 1 aliphatic rings. The van der Waals surface area contributed by atoms with E-state index >= 15 is 0 Å². The zero-order chi connectivity index (χ0) is 14.3. The number of nitrogens with zero attached hydrogens (tertiary/aromatic N) is 3. The van der Waals surface area contributed by atoms with Crippen molar-refractivity contribution in [3.63, 3.8) is 0 Å². The molecule has 0 aliphatic carbocycles. The number of carbonyl (C=O) groups excluding carboxylic acids is 1. The van der Waals surface area contributed by atoms with E-state index in [4.69, 9.17) is 0 Å². The lowest BCUT2D eigenvalue weighted by Crippen LogP contribution is -2.37. The minimum atomic E-state index is -0.468. The number of rotatable bonds is 1. The van der Waals surface area contributed by atoms with Crippen LogP contribution in [0.1, 0.15) is 27.3 Å². The van der Waals surface area contributed by atoms with Crippen LogP contribution in [-0.2, 0) is 20.0 Å². The van der Waals surface area contributed by atoms with Crippen molar-refractivity contribution in [3.05, 3.63) is 52.6 Å². The molecule has 0 fully saturated rings. The molecule has 2 aromatic rings. The fraction of sp³-hybridized carbons (Fsp3) is 0.333. The summed E-state index contributed by atoms with van der Waals surface area (Å²) in [6, 6.07) is 6.11. The predicted molar refractivity (Wildman–Crippen MR) is 72.8 cm³/mol. The van der Waals surface area contributed by atoms with Gasteiger partial charge in [-0.05, 0) is 31.0 Å². The molecule has 4 nitrogen and oxygen atoms in total. The summed E-state index contributed by atoms with van der Waals surface area (Å²) in [5.41, 5.74) is 3.40. The lowest BCUT2D eigenvalue weighted by atomic mass is 10.0. The highest BCUT2D eigenvalue weighted by Gasteiger charge is 2.26. The number of aryl methyl sites for hydroxylation is 2. The summed E-state index contributed by atoms with van der Waals surface area (Å²) in [5, 5.41) is 4.38. The third kappa shape index (κ3) is 1.99. The third-order valence-electron chi connectivity index (χ3n) is 3.84. The molecule has 1 aromatic carbocycles. The average molecular weight is 273 g/mol. The summed E-state index contributed by atoms with van der Waals surface area (Å²) in [6.07, 6.45) is 0.773. The molecule has 0 saturated carbocycles. The molecule has 1 aliphatic heterocycles. The van der Waals surface area contributed by atoms with E-state index in [1.807, 2.05) is 18.7 Å². The van der Waals surface area contributed by atoms with Crippen LogP contribution < -0.4 is 0 Å². The van der Waals surface area contributed by atoms with Crippen LogP contribution in [0.25, 0.3) is 0 Å². The first-order valence-electron chi connectivity index (χ1n) is 6.63. The first-order valence-corrected chi connectivity index (χ1v) is 6.63. The third-order valence-corrected chi connectivity index (χ3v) is 3.84. The molecule has 1 amide bonds. The van der Waals surface area contributed by atoms with Crippen molar-refractivity contribution in [1.82, 2.24) is 14.7 Å². The quantitative estimate of drug-likeness (QED) is 0.797. The normalized spacial score (nSPS) is 14.2. The van der Waals surface area contributed by atoms with E-state index < -0.39 is 5.82 Å². The van der Waals surface area contributed by atoms with Crippen molar-refractivity contribution in [2.75, 3.05) is 6.54 Å². The van der Waals surface area contributed by atoms with Crippen molar-refractivity contribution in [1.29, 1.82) is 0 Å². The lowest BCUT2D eigenvalue weighted by molar-refractivity contribution is 0.0725. The molecule has 0 atom stereocenters. The van der Waals surface area contributed by atoms with Gasteiger partial charge in [0.15, 0.2) is 0 Å². The molecular weight excluding hydrogens is 257 g/mol. The van der Waals surface area contributed by atoms with Gasteiger partial charge in [-0.2, -0.15) is 5.10 Å². The van der Waals surface area contributed by atoms with E-state index in [1.165, 1.54) is 17.7 Å². The molecule has 2 heterocycles. The Morgan fingerprint density at radius 3 is 2.85 bits per heavy atom. The molecule has 104 valence electrons. The van der Waals surface area contributed by atoms with Gasteiger partial charge in [-0.1, -0.05) is 12.1 Å². The molecular formula is C15H16FN3O. The zero-order valence-corrected chi connectivity index (χ0v) is 11.6. The molecule has 1 aromatic heterocycles. The number of benzene rings is 1. The summed E-state index contributed by atoms with van der Waals surface area (Å²) in [4.78, 5) is 14.1. The minimum absolute atomic E-state index is 0.134. The fourth-order valence-electron chi connectivity index (χ4n) is 2.76. The van der Waals surface area contributed by atoms with Crippen LogP contribution >= 0.6 is 0 Å². The van der Waals surface area contributed by atoms with Crippen molar-refractivity contribution >= 4 is 5.91 Å². The van der Waals surface area contributed by atoms with E-state index in [0.717, 1.165) is 17.8 Å². The summed E-state index contributed by atoms with van der Waals surface area (Å²) >= 11 is 0. The Labute approximate surface area is 116 Å². The standard InChI is InChI=1S/C15H16FN3O/c1-10-11-7-8-19(9-14(11)18(2)17-10)15(20)12-5-3-4-6-13(12)16/h3-6H,7-9H2,1-2H3. The minimum Gasteiger partial charge on any atom is -0.332 e. The van der Waals surface area contributed by atoms with Crippen LogP contribution in [0.2, 0.25) is 0 Å². The Kier molecular flexibility index (Phi) is 3.04. The molecule has 0 saturated heterocycles. The second kappa shape index (κ2) is 4.74. The molecule has 3 rings (SSSR count). The van der Waals surface area contributed by atoms with Gasteiger partial charge >= 0.3 is 0 Å². The maximum Gasteiger partial charge on any atom is 0.257 e. The summed E-state index contributed by atoms with van der Waals surface area (Å²) in [5.74, 6) is -0.725. The van der Waals surface area contributed by atoms with Crippen LogP contribution in [0.5, 0.6) is 0 Å². The van der Waals surface area contributed by atoms with Crippen molar-refractivity contribution < 1.29 is 9.18 Å². The number of amides is 1. The summed E-state index contributed by atoms with van der Waals surface area (Å²) < 4.78 is 15.5. The number of carbonyl (C=O) groups is 1. The Hall–Kier alpha value is -2.17. The highest BCUT2D eigenvalue weighted by molar-refractivity contribution is 5.94. The van der Waals surface area contributed by atoms with Gasteiger partial charge in [-0.15, -0.1) is 0 Å². The molecule has 5 heteroatoms. The topological polar surface area (TPSA) is 38.1 Å². The molecule has 0 radical (unpaired) electrons. The van der Waals surface area contributed by atoms with Gasteiger partial charge in [-0.3, -0.25) is 9.48 Å². The number of hydrogen-bond acceptors (Lipinski definition) is 2. The number of halogens is 1. The van der Waals surface area contributed by atoms with Crippen LogP contribution in [0, 0.1) is 12.7 Å². The van der Waals surface area contributed by atoms with Crippen molar-refractivity contribution in [2.45, 2.75) is 19.9 Å². The number of fused-ring (bicyclic) bond motifs is 1. The van der Waals surface area contributed by atoms with Gasteiger partial charge < -0.3 is 4.90 Å². The highest BCUT2D eigenvalue weighted by Crippen LogP contribution is 2.23. The number of hydrogen-bond donors (Lipinski definition) is 0. The van der Waals surface area contributed by atoms with Gasteiger partial charge in [0.1, 0.15) is 5.82 Å². The molecule has 0 N–H and O–H groups in total. The molecule has 20 heavy (non-hydrogen) atoms. The Bertz CT molecular complexity index is 678. The number of aromatic nitrogens is 2. The summed E-state index contributed by atoms with van der Waals surface area (Å²) in [7, 11) is 1.88. The first-order chi connectivity index (χ1) is 9.58. The smallest absolute Gasteiger partial charge is 0.257 e. The van der Waals surface area contributed by atoms with E-state index in [-0.39, 0.29) is 11.5 Å². The van der Waals surface area contributed by atoms with Gasteiger partial charge in [0.2, 0.25) is 0 Å². The Balaban J connectivity index is 1.89. The van der Waals surface area contributed by atoms with Crippen molar-refractivity contribution in [3.8, 4) is 0 Å². The lowest BCUT2D eigenvalue weighted by Gasteiger charge is -2.27. The van der Waals surface area contributed by atoms with Gasteiger partial charge in [-0.25, -0.2) is 4.39 Å². The average Bonchev–Trinajstić information content (AvgIpc) is 2.73. The Morgan fingerprint density at radius 1 is 1.35 bits per heavy atom. The first kappa shape index (κ1) is 12.8. The fourth-order valence-corrected chi connectivity index (χ4v) is 2.76. The maximum absolute atomic E-state index is 13.7.